The van der Waals surface area contributed by atoms with E-state index in [1.165, 1.54) is 37.4 Å². The molecule has 19 atom stereocenters. The number of amides is 7. The number of hydrogen-bond acceptors (Lipinski definition) is 26. The molecule has 0 aromatic heterocycles. The van der Waals surface area contributed by atoms with E-state index >= 15 is 14.4 Å². The largest absolute Gasteiger partial charge is 0.512 e. The number of aliphatic imine (C=N–C) groups is 1. The summed E-state index contributed by atoms with van der Waals surface area (Å²) in [4.78, 5) is 122. The van der Waals surface area contributed by atoms with Gasteiger partial charge in [0.25, 0.3) is 0 Å². The summed E-state index contributed by atoms with van der Waals surface area (Å²) in [5.74, 6) is -14.2. The lowest BCUT2D eigenvalue weighted by Crippen LogP contribution is -2.66. The van der Waals surface area contributed by atoms with Gasteiger partial charge in [-0.05, 0) is 139 Å². The van der Waals surface area contributed by atoms with Crippen LogP contribution in [0.25, 0.3) is 5.57 Å². The van der Waals surface area contributed by atoms with Crippen LogP contribution < -0.4 is 73.5 Å². The zero-order chi connectivity index (χ0) is 86.0. The third-order valence-corrected chi connectivity index (χ3v) is 22.1. The van der Waals surface area contributed by atoms with Crippen molar-refractivity contribution in [3.63, 3.8) is 0 Å². The first-order valence-electron chi connectivity index (χ1n) is 39.4. The second kappa shape index (κ2) is 39.1. The number of phenolic OH excluding ortho intramolecular Hbond substituents is 1. The number of aliphatic carboxylic acids is 1. The maximum atomic E-state index is 16.2. The van der Waals surface area contributed by atoms with Gasteiger partial charge in [-0.3, -0.25) is 38.6 Å². The van der Waals surface area contributed by atoms with Crippen molar-refractivity contribution >= 4 is 76.1 Å². The van der Waals surface area contributed by atoms with E-state index in [2.05, 4.69) is 59.8 Å². The molecule has 7 heterocycles. The van der Waals surface area contributed by atoms with Gasteiger partial charge < -0.3 is 139 Å². The molecule has 2 saturated heterocycles. The summed E-state index contributed by atoms with van der Waals surface area (Å²) in [7, 11) is 1.49. The average molecular weight is 1680 g/mol. The molecule has 7 amide bonds. The fourth-order valence-corrected chi connectivity index (χ4v) is 15.5. The summed E-state index contributed by atoms with van der Waals surface area (Å²) in [6, 6.07) is 7.26. The number of ether oxygens (including phenoxy) is 6. The predicted octanol–water partition coefficient (Wildman–Crippen LogP) is 2.58. The summed E-state index contributed by atoms with van der Waals surface area (Å²) in [6.45, 7) is 9.05. The van der Waals surface area contributed by atoms with Crippen LogP contribution in [0.1, 0.15) is 156 Å². The minimum Gasteiger partial charge on any atom is -0.512 e. The zero-order valence-electron chi connectivity index (χ0n) is 66.1. The first kappa shape index (κ1) is 89.2. The van der Waals surface area contributed by atoms with Gasteiger partial charge in [-0.15, -0.1) is 0 Å². The van der Waals surface area contributed by atoms with Gasteiger partial charge >= 0.3 is 5.97 Å². The molecule has 0 spiro atoms. The monoisotopic (exact) mass is 1670 g/mol. The number of carbonyl (C=O) groups is 8. The predicted molar refractivity (Wildman–Crippen MR) is 427 cm³/mol. The number of carbonyl (C=O) groups excluding carboxylic acids is 7. The molecule has 119 heavy (non-hydrogen) atoms. The summed E-state index contributed by atoms with van der Waals surface area (Å²) >= 11 is 7.16. The van der Waals surface area contributed by atoms with Gasteiger partial charge in [0.15, 0.2) is 35.9 Å². The highest BCUT2D eigenvalue weighted by molar-refractivity contribution is 6.32. The van der Waals surface area contributed by atoms with E-state index in [0.717, 1.165) is 86.2 Å². The molecule has 2 fully saturated rings. The number of primary amides is 1. The Hall–Kier alpha value is -10.6. The fourth-order valence-electron chi connectivity index (χ4n) is 15.3. The molecule has 11 bridgehead atoms. The number of nitrogens with zero attached hydrogens (tertiary/aromatic N) is 1. The fraction of sp³-hybridized carbons (Fsp3) is 0.476. The number of anilines is 1. The molecule has 23 N–H and O–H groups in total. The van der Waals surface area contributed by atoms with Crippen LogP contribution in [-0.4, -0.2) is 216 Å². The van der Waals surface area contributed by atoms with Crippen LogP contribution in [0, 0.1) is 5.92 Å². The Balaban J connectivity index is 1.06. The number of unbranched alkanes of at least 4 members (excludes halogenated alkanes) is 4. The number of benzene rings is 5. The summed E-state index contributed by atoms with van der Waals surface area (Å²) in [5, 5.41) is 141. The molecule has 1 aliphatic carbocycles. The van der Waals surface area contributed by atoms with Crippen LogP contribution in [-0.2, 0) is 59.1 Å². The van der Waals surface area contributed by atoms with E-state index in [-0.39, 0.29) is 65.9 Å². The van der Waals surface area contributed by atoms with E-state index in [0.29, 0.717) is 12.2 Å². The number of aliphatic hydroxyl groups is 8. The van der Waals surface area contributed by atoms with Crippen LogP contribution in [0.5, 0.6) is 34.5 Å². The highest BCUT2D eigenvalue weighted by Gasteiger charge is 2.53. The smallest absolute Gasteiger partial charge is 0.330 e. The number of halogens is 1. The SMILES string of the molecule is CCCCCCCN=C(N)Nc1ccc(CNC2(CC)C[C@H](OC3C(O)[C@H](O)C(CO)O[C@H]3Oc3c4cc5cc3Oc3ccc(cc3Cl)[C@@H](O)[C@@H]3NC(=O)[C@H](NC(=O)[C@@H]5NC(=O)C(CC(N)=O)NC(=O)[C@H](NC(=O)[C@@H](CC(C)C)NC)[C@H](O)c5ccc(cc5)O4)c4ccc(O)c(c4)C4=C(O)C[C@@H](O)C=C4[C@@H](C(=O)O)NC3=O)OC(C)[C@H]2O)cc1. The first-order valence-corrected chi connectivity index (χ1v) is 39.7. The topological polar surface area (TPSA) is 567 Å². The van der Waals surface area contributed by atoms with Crippen LogP contribution >= 0.6 is 11.6 Å². The maximum Gasteiger partial charge on any atom is 0.330 e. The van der Waals surface area contributed by atoms with Crippen LogP contribution in [0.2, 0.25) is 5.02 Å². The van der Waals surface area contributed by atoms with Crippen molar-refractivity contribution in [2.45, 2.75) is 221 Å². The molecule has 0 saturated carbocycles. The van der Waals surface area contributed by atoms with Crippen molar-refractivity contribution in [2.75, 3.05) is 25.5 Å². The second-order valence-corrected chi connectivity index (χ2v) is 31.1. The van der Waals surface area contributed by atoms with Gasteiger partial charge in [0.1, 0.15) is 83.7 Å². The summed E-state index contributed by atoms with van der Waals surface area (Å²) < 4.78 is 39.7. The number of carboxylic acid groups (broad SMARTS) is 1. The number of aromatic hydroxyl groups is 1. The Morgan fingerprint density at radius 3 is 2.07 bits per heavy atom. The number of nitrogens with two attached hydrogens (primary N) is 2. The number of fused-ring (bicyclic) bond motifs is 15. The summed E-state index contributed by atoms with van der Waals surface area (Å²) in [6.07, 6.45) is -13.9. The van der Waals surface area contributed by atoms with Crippen molar-refractivity contribution in [1.29, 1.82) is 0 Å². The van der Waals surface area contributed by atoms with E-state index in [9.17, 15) is 75.0 Å². The van der Waals surface area contributed by atoms with Gasteiger partial charge in [-0.25, -0.2) is 4.79 Å². The molecule has 642 valence electrons. The number of hydrogen-bond donors (Lipinski definition) is 21. The average Bonchev–Trinajstić information content (AvgIpc) is 0.767. The third-order valence-electron chi connectivity index (χ3n) is 21.8. The molecule has 7 aliphatic heterocycles. The quantitative estimate of drug-likeness (QED) is 0.0240. The number of aliphatic hydroxyl groups excluding tert-OH is 8. The van der Waals surface area contributed by atoms with E-state index < -0.39 is 238 Å². The minimum absolute atomic E-state index is 0.0475. The Kier molecular flexibility index (Phi) is 29.3. The number of nitrogens with one attached hydrogen (secondary N) is 9. The van der Waals surface area contributed by atoms with Gasteiger partial charge in [-0.2, -0.15) is 0 Å². The lowest BCUT2D eigenvalue weighted by Gasteiger charge is -2.49. The van der Waals surface area contributed by atoms with Crippen LogP contribution in [0.3, 0.4) is 0 Å². The van der Waals surface area contributed by atoms with E-state index in [4.69, 9.17) is 51.5 Å². The summed E-state index contributed by atoms with van der Waals surface area (Å²) in [5.41, 5.74) is 9.89. The van der Waals surface area contributed by atoms with Crippen molar-refractivity contribution in [3.8, 4) is 34.5 Å². The van der Waals surface area contributed by atoms with Crippen LogP contribution in [0.15, 0.2) is 119 Å². The van der Waals surface area contributed by atoms with E-state index in [1.807, 2.05) is 45.0 Å². The van der Waals surface area contributed by atoms with E-state index in [1.54, 1.807) is 6.92 Å². The molecule has 5 aromatic rings. The highest BCUT2D eigenvalue weighted by atomic mass is 35.5. The molecular formula is C82H103ClN12O24. The van der Waals surface area contributed by atoms with Crippen LogP contribution in [0.4, 0.5) is 5.69 Å². The minimum atomic E-state index is -2.32. The van der Waals surface area contributed by atoms with Crippen molar-refractivity contribution in [2.24, 2.45) is 22.4 Å². The van der Waals surface area contributed by atoms with Gasteiger partial charge in [0.2, 0.25) is 53.4 Å². The molecular weight excluding hydrogens is 1570 g/mol. The number of guanidine groups is 1. The van der Waals surface area contributed by atoms with Crippen molar-refractivity contribution in [1.82, 2.24) is 42.5 Å². The normalized spacial score (nSPS) is 28.3. The lowest BCUT2D eigenvalue weighted by atomic mass is 9.80. The zero-order valence-corrected chi connectivity index (χ0v) is 66.9. The Morgan fingerprint density at radius 2 is 1.40 bits per heavy atom. The van der Waals surface area contributed by atoms with Gasteiger partial charge in [-0.1, -0.05) is 101 Å². The number of phenols is 1. The number of carboxylic acids is 1. The Labute approximate surface area is 689 Å². The molecule has 8 aliphatic rings. The molecule has 37 heteroatoms. The maximum absolute atomic E-state index is 16.2. The molecule has 36 nitrogen and oxygen atoms in total. The lowest BCUT2D eigenvalue weighted by molar-refractivity contribution is -0.335. The Morgan fingerprint density at radius 1 is 0.731 bits per heavy atom. The first-order chi connectivity index (χ1) is 56.7. The number of likely N-dealkylation sites (N-methyl/N-ethyl adjacent to an activating group) is 1. The second-order valence-electron chi connectivity index (χ2n) is 30.7. The molecule has 5 aromatic carbocycles. The standard InChI is InChI=1S/C82H103ClN12O24/c1-7-9-10-11-12-25-87-81(85)89-44-19-13-39(14-20-44)35-88-82(8-2)34-59(114-38(5)72(82)105)118-71-69(104)68(103)57(36-96)117-80(71)119-70-55-29-43-30-56(70)116-54-24-18-42(28-49(54)83)67(102)65-78(111)93-63(79(112)113)48-31-45(97)32-53(99)60(48)47-27-41(17-23-52(47)98)61(75(108)95-65)92-76(109)62(43)91-74(107)51(33-58(84)100)90-77(110)64(94-73(106)50(86-6)26-37(3)4)66(101)40-15-21-46(115-55)22-16-40/h13-24,27-31,37-38,45,50-51,57,59,61-69,71-72,80,86,88,96-99,101-105H,7-12,25-26,32-36H2,1-6H3,(H2,84,100)(H,90,110)(H,91,107)(H,92,109)(H,93,111)(H,94,106)(H,95,108)(H,112,113)(H3,85,87,89)/t38?,45-,50+,51?,57?,59-,61+,62+,63-,64+,65-,66+,67+,68+,69?,71?,72+,80-,82?/m0/s1. The molecule has 13 rings (SSSR count). The van der Waals surface area contributed by atoms with Gasteiger partial charge in [0, 0.05) is 42.8 Å². The molecule has 6 unspecified atom stereocenters. The molecule has 0 radical (unpaired) electrons. The van der Waals surface area contributed by atoms with Crippen molar-refractivity contribution < 1.29 is 118 Å². The highest BCUT2D eigenvalue weighted by Crippen LogP contribution is 2.49. The van der Waals surface area contributed by atoms with Gasteiger partial charge in [0.05, 0.1) is 47.9 Å². The number of rotatable bonds is 24. The van der Waals surface area contributed by atoms with Crippen molar-refractivity contribution in [3.05, 3.63) is 153 Å². The Bertz CT molecular complexity index is 4650. The third kappa shape index (κ3) is 20.8.